The van der Waals surface area contributed by atoms with Gasteiger partial charge in [-0.05, 0) is 56.3 Å². The third-order valence-corrected chi connectivity index (χ3v) is 5.15. The minimum atomic E-state index is 0.173. The van der Waals surface area contributed by atoms with Gasteiger partial charge in [-0.15, -0.1) is 0 Å². The van der Waals surface area contributed by atoms with Crippen LogP contribution in [0.5, 0.6) is 0 Å². The van der Waals surface area contributed by atoms with Crippen molar-refractivity contribution in [3.63, 3.8) is 0 Å². The maximum absolute atomic E-state index is 6.11. The van der Waals surface area contributed by atoms with Crippen molar-refractivity contribution in [1.29, 1.82) is 0 Å². The molecular formula is C17H27N3O. The molecule has 2 saturated heterocycles. The van der Waals surface area contributed by atoms with E-state index in [-0.39, 0.29) is 12.1 Å². The van der Waals surface area contributed by atoms with Crippen LogP contribution in [-0.4, -0.2) is 42.8 Å². The monoisotopic (exact) mass is 289 g/mol. The van der Waals surface area contributed by atoms with E-state index < -0.39 is 0 Å². The van der Waals surface area contributed by atoms with Crippen LogP contribution in [0.4, 0.5) is 0 Å². The van der Waals surface area contributed by atoms with Crippen molar-refractivity contribution in [1.82, 2.24) is 10.3 Å². The quantitative estimate of drug-likeness (QED) is 0.652. The van der Waals surface area contributed by atoms with Gasteiger partial charge in [0.1, 0.15) is 0 Å². The molecule has 2 aliphatic rings. The molecule has 2 fully saturated rings. The van der Waals surface area contributed by atoms with Crippen LogP contribution in [0.2, 0.25) is 0 Å². The Morgan fingerprint density at radius 1 is 1.38 bits per heavy atom. The normalized spacial score (nSPS) is 27.6. The summed E-state index contributed by atoms with van der Waals surface area (Å²) in [6.07, 6.45) is 3.70. The van der Waals surface area contributed by atoms with Crippen molar-refractivity contribution in [3.8, 4) is 0 Å². The first-order valence-electron chi connectivity index (χ1n) is 8.06. The van der Waals surface area contributed by atoms with E-state index in [1.807, 2.05) is 0 Å². The number of hydrogen-bond donors (Lipinski definition) is 2. The Kier molecular flexibility index (Phi) is 4.60. The van der Waals surface area contributed by atoms with Gasteiger partial charge < -0.3 is 4.74 Å². The van der Waals surface area contributed by atoms with Gasteiger partial charge in [-0.2, -0.15) is 0 Å². The second-order valence-corrected chi connectivity index (χ2v) is 6.51. The lowest BCUT2D eigenvalue weighted by molar-refractivity contribution is -0.0644. The molecule has 3 rings (SSSR count). The highest BCUT2D eigenvalue weighted by Crippen LogP contribution is 2.25. The van der Waals surface area contributed by atoms with Crippen molar-refractivity contribution >= 4 is 0 Å². The molecule has 3 N–H and O–H groups in total. The molecule has 0 amide bonds. The van der Waals surface area contributed by atoms with E-state index >= 15 is 0 Å². The van der Waals surface area contributed by atoms with Gasteiger partial charge >= 0.3 is 0 Å². The molecule has 4 nitrogen and oxygen atoms in total. The van der Waals surface area contributed by atoms with Crippen molar-refractivity contribution < 1.29 is 4.74 Å². The summed E-state index contributed by atoms with van der Waals surface area (Å²) in [6, 6.07) is 7.28. The summed E-state index contributed by atoms with van der Waals surface area (Å²) in [5.41, 5.74) is 7.07. The number of aryl methyl sites for hydroxylation is 2. The molecule has 0 radical (unpaired) electrons. The van der Waals surface area contributed by atoms with Crippen LogP contribution in [0.1, 0.15) is 29.5 Å². The Balaban J connectivity index is 1.70. The zero-order valence-electron chi connectivity index (χ0n) is 13.1. The Labute approximate surface area is 127 Å². The SMILES string of the molecule is Cc1cccc(C)c1CC(NN)C1CN2CCCC2CO1. The van der Waals surface area contributed by atoms with Crippen molar-refractivity contribution in [3.05, 3.63) is 34.9 Å². The number of benzene rings is 1. The fourth-order valence-corrected chi connectivity index (χ4v) is 3.77. The minimum absolute atomic E-state index is 0.173. The van der Waals surface area contributed by atoms with Crippen LogP contribution in [0.25, 0.3) is 0 Å². The third-order valence-electron chi connectivity index (χ3n) is 5.15. The number of morpholine rings is 1. The second kappa shape index (κ2) is 6.44. The summed E-state index contributed by atoms with van der Waals surface area (Å²) in [5.74, 6) is 5.84. The molecule has 4 heteroatoms. The highest BCUT2D eigenvalue weighted by Gasteiger charge is 2.35. The summed E-state index contributed by atoms with van der Waals surface area (Å²) in [5, 5.41) is 0. The molecule has 3 unspecified atom stereocenters. The summed E-state index contributed by atoms with van der Waals surface area (Å²) < 4.78 is 6.11. The van der Waals surface area contributed by atoms with Gasteiger partial charge in [0.05, 0.1) is 18.8 Å². The van der Waals surface area contributed by atoms with E-state index in [0.29, 0.717) is 6.04 Å². The first-order valence-corrected chi connectivity index (χ1v) is 8.06. The molecule has 2 heterocycles. The predicted octanol–water partition coefficient (Wildman–Crippen LogP) is 1.54. The lowest BCUT2D eigenvalue weighted by Gasteiger charge is -2.39. The summed E-state index contributed by atoms with van der Waals surface area (Å²) in [6.45, 7) is 7.42. The predicted molar refractivity (Wildman–Crippen MR) is 85.1 cm³/mol. The number of hydrazine groups is 1. The number of nitrogens with zero attached hydrogens (tertiary/aromatic N) is 1. The van der Waals surface area contributed by atoms with Gasteiger partial charge in [0.2, 0.25) is 0 Å². The topological polar surface area (TPSA) is 50.5 Å². The number of nitrogens with two attached hydrogens (primary N) is 1. The molecule has 2 aliphatic heterocycles. The first-order chi connectivity index (χ1) is 10.2. The molecule has 21 heavy (non-hydrogen) atoms. The first kappa shape index (κ1) is 15.0. The van der Waals surface area contributed by atoms with E-state index in [1.165, 1.54) is 36.1 Å². The van der Waals surface area contributed by atoms with Crippen LogP contribution in [0, 0.1) is 13.8 Å². The Morgan fingerprint density at radius 3 is 2.86 bits per heavy atom. The molecule has 1 aromatic carbocycles. The average Bonchev–Trinajstić information content (AvgIpc) is 2.94. The summed E-state index contributed by atoms with van der Waals surface area (Å²) in [7, 11) is 0. The maximum Gasteiger partial charge on any atom is 0.0872 e. The summed E-state index contributed by atoms with van der Waals surface area (Å²) >= 11 is 0. The fourth-order valence-electron chi connectivity index (χ4n) is 3.77. The molecule has 0 aliphatic carbocycles. The molecule has 116 valence electrons. The third kappa shape index (κ3) is 3.14. The van der Waals surface area contributed by atoms with E-state index in [2.05, 4.69) is 42.4 Å². The smallest absolute Gasteiger partial charge is 0.0872 e. The lowest BCUT2D eigenvalue weighted by Crippen LogP contribution is -2.56. The lowest BCUT2D eigenvalue weighted by atomic mass is 9.93. The van der Waals surface area contributed by atoms with Crippen LogP contribution in [-0.2, 0) is 11.2 Å². The number of rotatable bonds is 4. The largest absolute Gasteiger partial charge is 0.374 e. The molecular weight excluding hydrogens is 262 g/mol. The Bertz CT molecular complexity index is 471. The van der Waals surface area contributed by atoms with Gasteiger partial charge in [0, 0.05) is 12.6 Å². The Morgan fingerprint density at radius 2 is 2.14 bits per heavy atom. The highest BCUT2D eigenvalue weighted by molar-refractivity contribution is 5.34. The van der Waals surface area contributed by atoms with Gasteiger partial charge in [-0.1, -0.05) is 18.2 Å². The number of ether oxygens (including phenoxy) is 1. The molecule has 0 bridgehead atoms. The van der Waals surface area contributed by atoms with Gasteiger partial charge in [-0.3, -0.25) is 16.2 Å². The molecule has 0 saturated carbocycles. The van der Waals surface area contributed by atoms with Crippen molar-refractivity contribution in [2.24, 2.45) is 5.84 Å². The molecule has 0 aromatic heterocycles. The van der Waals surface area contributed by atoms with Gasteiger partial charge in [-0.25, -0.2) is 0 Å². The van der Waals surface area contributed by atoms with Gasteiger partial charge in [0.15, 0.2) is 0 Å². The Hall–Kier alpha value is -0.940. The fraction of sp³-hybridized carbons (Fsp3) is 0.647. The van der Waals surface area contributed by atoms with Crippen molar-refractivity contribution in [2.75, 3.05) is 19.7 Å². The summed E-state index contributed by atoms with van der Waals surface area (Å²) in [4.78, 5) is 2.57. The molecule has 0 spiro atoms. The van der Waals surface area contributed by atoms with Crippen LogP contribution >= 0.6 is 0 Å². The zero-order chi connectivity index (χ0) is 14.8. The second-order valence-electron chi connectivity index (χ2n) is 6.51. The average molecular weight is 289 g/mol. The number of nitrogens with one attached hydrogen (secondary N) is 1. The van der Waals surface area contributed by atoms with Crippen molar-refractivity contribution in [2.45, 2.75) is 51.3 Å². The van der Waals surface area contributed by atoms with E-state index in [9.17, 15) is 0 Å². The standard InChI is InChI=1S/C17H27N3O/c1-12-5-3-6-13(2)15(12)9-16(19-18)17-10-20-8-4-7-14(20)11-21-17/h3,5-6,14,16-17,19H,4,7-11,18H2,1-2H3. The maximum atomic E-state index is 6.11. The highest BCUT2D eigenvalue weighted by atomic mass is 16.5. The van der Waals surface area contributed by atoms with Gasteiger partial charge in [0.25, 0.3) is 0 Å². The van der Waals surface area contributed by atoms with Crippen LogP contribution < -0.4 is 11.3 Å². The minimum Gasteiger partial charge on any atom is -0.374 e. The molecule has 1 aromatic rings. The van der Waals surface area contributed by atoms with Crippen LogP contribution in [0.3, 0.4) is 0 Å². The zero-order valence-corrected chi connectivity index (χ0v) is 13.1. The van der Waals surface area contributed by atoms with E-state index in [1.54, 1.807) is 0 Å². The van der Waals surface area contributed by atoms with E-state index in [4.69, 9.17) is 10.6 Å². The number of fused-ring (bicyclic) bond motifs is 1. The van der Waals surface area contributed by atoms with Crippen LogP contribution in [0.15, 0.2) is 18.2 Å². The molecule has 3 atom stereocenters. The van der Waals surface area contributed by atoms with E-state index in [0.717, 1.165) is 19.6 Å². The number of hydrogen-bond acceptors (Lipinski definition) is 4.